The highest BCUT2D eigenvalue weighted by Crippen LogP contribution is 2.45. The van der Waals surface area contributed by atoms with Gasteiger partial charge in [0.2, 0.25) is 12.7 Å². The van der Waals surface area contributed by atoms with Crippen molar-refractivity contribution in [2.24, 2.45) is 16.6 Å². The van der Waals surface area contributed by atoms with Crippen molar-refractivity contribution in [2.75, 3.05) is 31.1 Å². The molecule has 3 heterocycles. The monoisotopic (exact) mass is 435 g/mol. The molecule has 8 nitrogen and oxygen atoms in total. The molecule has 2 atom stereocenters. The maximum absolute atomic E-state index is 14.9. The summed E-state index contributed by atoms with van der Waals surface area (Å²) in [5.74, 6) is -0.246. The maximum Gasteiger partial charge on any atom is 0.275 e. The Hall–Kier alpha value is -2.79. The summed E-state index contributed by atoms with van der Waals surface area (Å²) in [7, 11) is 0. The second-order valence-corrected chi connectivity index (χ2v) is 7.91. The summed E-state index contributed by atoms with van der Waals surface area (Å²) in [5.41, 5.74) is 5.73. The highest BCUT2D eigenvalue weighted by molar-refractivity contribution is 8.13. The number of rotatable bonds is 5. The summed E-state index contributed by atoms with van der Waals surface area (Å²) in [6.07, 6.45) is 3.05. The highest BCUT2D eigenvalue weighted by atomic mass is 32.2. The van der Waals surface area contributed by atoms with E-state index in [-0.39, 0.29) is 24.1 Å². The Balaban J connectivity index is 1.62. The van der Waals surface area contributed by atoms with Gasteiger partial charge < -0.3 is 20.5 Å². The van der Waals surface area contributed by atoms with E-state index in [2.05, 4.69) is 25.0 Å². The Bertz CT molecular complexity index is 975. The highest BCUT2D eigenvalue weighted by Gasteiger charge is 2.47. The number of carbonyl (C=O) groups is 1. The van der Waals surface area contributed by atoms with Gasteiger partial charge in [0.25, 0.3) is 5.91 Å². The van der Waals surface area contributed by atoms with Gasteiger partial charge in [-0.1, -0.05) is 11.8 Å². The first-order chi connectivity index (χ1) is 14.5. The van der Waals surface area contributed by atoms with Gasteiger partial charge in [-0.05, 0) is 24.6 Å². The van der Waals surface area contributed by atoms with Crippen LogP contribution in [0.25, 0.3) is 0 Å². The fourth-order valence-corrected chi connectivity index (χ4v) is 4.66. The molecule has 2 aromatic rings. The number of hydrogen-bond donors (Lipinski definition) is 2. The van der Waals surface area contributed by atoms with Crippen molar-refractivity contribution >= 4 is 28.5 Å². The van der Waals surface area contributed by atoms with Crippen LogP contribution in [0.3, 0.4) is 0 Å². The van der Waals surface area contributed by atoms with Crippen molar-refractivity contribution in [2.45, 2.75) is 12.0 Å². The molecular weight excluding hydrogens is 416 g/mol. The third kappa shape index (κ3) is 3.94. The van der Waals surface area contributed by atoms with Crippen molar-refractivity contribution in [1.82, 2.24) is 9.97 Å². The number of aliphatic imine (C=N–C) groups is 1. The summed E-state index contributed by atoms with van der Waals surface area (Å²) in [5, 5.41) is 3.06. The smallest absolute Gasteiger partial charge is 0.275 e. The Morgan fingerprint density at radius 3 is 3.03 bits per heavy atom. The molecule has 30 heavy (non-hydrogen) atoms. The SMILES string of the molecule is NC1=N[C@]2(c3cc(NC(=O)c4cnc(OCF)cn4)ccc3F)COCCC2CS1. The molecule has 1 aromatic heterocycles. The largest absolute Gasteiger partial charge is 0.445 e. The van der Waals surface area contributed by atoms with Crippen LogP contribution in [0.1, 0.15) is 22.5 Å². The lowest BCUT2D eigenvalue weighted by Crippen LogP contribution is -2.48. The van der Waals surface area contributed by atoms with Crippen LogP contribution < -0.4 is 15.8 Å². The van der Waals surface area contributed by atoms with Crippen LogP contribution in [-0.2, 0) is 10.3 Å². The van der Waals surface area contributed by atoms with Gasteiger partial charge in [-0.2, -0.15) is 0 Å². The van der Waals surface area contributed by atoms with Crippen LogP contribution in [-0.4, -0.2) is 46.9 Å². The number of hydrogen-bond acceptors (Lipinski definition) is 8. The zero-order chi connectivity index (χ0) is 21.1. The average Bonchev–Trinajstić information content (AvgIpc) is 2.75. The number of aromatic nitrogens is 2. The molecule has 1 amide bonds. The lowest BCUT2D eigenvalue weighted by Gasteiger charge is -2.43. The van der Waals surface area contributed by atoms with Crippen molar-refractivity contribution in [3.63, 3.8) is 0 Å². The summed E-state index contributed by atoms with van der Waals surface area (Å²) < 4.78 is 37.2. The minimum absolute atomic E-state index is 0.000421. The molecule has 0 spiro atoms. The van der Waals surface area contributed by atoms with E-state index in [0.29, 0.717) is 23.0 Å². The number of carbonyl (C=O) groups excluding carboxylic acids is 1. The first-order valence-corrected chi connectivity index (χ1v) is 10.2. The number of benzene rings is 1. The number of halogens is 2. The number of nitrogens with two attached hydrogens (primary N) is 1. The first kappa shape index (κ1) is 20.5. The molecule has 1 fully saturated rings. The molecule has 2 aliphatic heterocycles. The van der Waals surface area contributed by atoms with Gasteiger partial charge in [-0.25, -0.2) is 23.7 Å². The van der Waals surface area contributed by atoms with Crippen molar-refractivity contribution in [1.29, 1.82) is 0 Å². The third-order valence-corrected chi connectivity index (χ3v) is 6.06. The molecule has 0 saturated carbocycles. The zero-order valence-corrected chi connectivity index (χ0v) is 16.6. The predicted octanol–water partition coefficient (Wildman–Crippen LogP) is 2.47. The first-order valence-electron chi connectivity index (χ1n) is 9.20. The number of nitrogens with zero attached hydrogens (tertiary/aromatic N) is 3. The van der Waals surface area contributed by atoms with Crippen molar-refractivity contribution in [3.8, 4) is 5.88 Å². The van der Waals surface area contributed by atoms with Crippen LogP contribution in [0.4, 0.5) is 14.5 Å². The normalized spacial score (nSPS) is 23.3. The Kier molecular flexibility index (Phi) is 5.82. The summed E-state index contributed by atoms with van der Waals surface area (Å²) in [4.78, 5) is 24.8. The molecule has 2 aliphatic rings. The van der Waals surface area contributed by atoms with E-state index >= 15 is 0 Å². The standard InChI is InChI=1S/C19H19F2N5O3S/c20-10-29-16-7-23-15(6-24-16)17(27)25-12-1-2-14(21)13(5-12)19-9-28-4-3-11(19)8-30-18(22)26-19/h1-2,5-7,11H,3-4,8-10H2,(H2,22,26)(H,25,27)/t11?,19-/m1/s1. The van der Waals surface area contributed by atoms with E-state index in [1.165, 1.54) is 23.9 Å². The Morgan fingerprint density at radius 2 is 2.27 bits per heavy atom. The zero-order valence-electron chi connectivity index (χ0n) is 15.8. The van der Waals surface area contributed by atoms with E-state index in [1.54, 1.807) is 6.07 Å². The molecule has 0 bridgehead atoms. The molecule has 1 unspecified atom stereocenters. The molecule has 158 valence electrons. The molecule has 0 aliphatic carbocycles. The quantitative estimate of drug-likeness (QED) is 0.742. The number of amidine groups is 1. The third-order valence-electron chi connectivity index (χ3n) is 5.10. The van der Waals surface area contributed by atoms with Crippen molar-refractivity contribution < 1.29 is 23.0 Å². The summed E-state index contributed by atoms with van der Waals surface area (Å²) in [6.45, 7) is -0.244. The van der Waals surface area contributed by atoms with Gasteiger partial charge in [0.1, 0.15) is 17.1 Å². The van der Waals surface area contributed by atoms with Crippen LogP contribution in [0.15, 0.2) is 35.6 Å². The van der Waals surface area contributed by atoms with Crippen LogP contribution in [0, 0.1) is 11.7 Å². The number of alkyl halides is 1. The van der Waals surface area contributed by atoms with Gasteiger partial charge >= 0.3 is 0 Å². The number of fused-ring (bicyclic) bond motifs is 1. The lowest BCUT2D eigenvalue weighted by atomic mass is 9.76. The Labute approximate surface area is 175 Å². The molecule has 1 aromatic carbocycles. The van der Waals surface area contributed by atoms with Crippen LogP contribution >= 0.6 is 11.8 Å². The molecule has 11 heteroatoms. The second-order valence-electron chi connectivity index (χ2n) is 6.87. The maximum atomic E-state index is 14.9. The van der Waals surface area contributed by atoms with Gasteiger partial charge in [0.15, 0.2) is 5.17 Å². The molecule has 4 rings (SSSR count). The number of ether oxygens (including phenoxy) is 2. The van der Waals surface area contributed by atoms with E-state index < -0.39 is 24.1 Å². The number of nitrogens with one attached hydrogen (secondary N) is 1. The fraction of sp³-hybridized carbons (Fsp3) is 0.368. The van der Waals surface area contributed by atoms with Crippen LogP contribution in [0.2, 0.25) is 0 Å². The summed E-state index contributed by atoms with van der Waals surface area (Å²) >= 11 is 1.45. The average molecular weight is 435 g/mol. The Morgan fingerprint density at radius 1 is 1.40 bits per heavy atom. The second kappa shape index (κ2) is 8.52. The number of thioether (sulfide) groups is 1. The lowest BCUT2D eigenvalue weighted by molar-refractivity contribution is 0.00304. The fourth-order valence-electron chi connectivity index (χ4n) is 3.62. The minimum Gasteiger partial charge on any atom is -0.445 e. The molecule has 0 radical (unpaired) electrons. The molecule has 1 saturated heterocycles. The van der Waals surface area contributed by atoms with E-state index in [1.807, 2.05) is 0 Å². The van der Waals surface area contributed by atoms with Gasteiger partial charge in [0, 0.05) is 29.5 Å². The van der Waals surface area contributed by atoms with Gasteiger partial charge in [-0.15, -0.1) is 0 Å². The van der Waals surface area contributed by atoms with E-state index in [0.717, 1.165) is 24.6 Å². The van der Waals surface area contributed by atoms with Gasteiger partial charge in [-0.3, -0.25) is 4.79 Å². The van der Waals surface area contributed by atoms with Crippen LogP contribution in [0.5, 0.6) is 5.88 Å². The number of amides is 1. The van der Waals surface area contributed by atoms with Gasteiger partial charge in [0.05, 0.1) is 19.0 Å². The van der Waals surface area contributed by atoms with Crippen molar-refractivity contribution in [3.05, 3.63) is 47.7 Å². The molecule has 3 N–H and O–H groups in total. The van der Waals surface area contributed by atoms with E-state index in [9.17, 15) is 13.6 Å². The van der Waals surface area contributed by atoms with E-state index in [4.69, 9.17) is 10.5 Å². The minimum atomic E-state index is -1.05. The predicted molar refractivity (Wildman–Crippen MR) is 108 cm³/mol. The topological polar surface area (TPSA) is 112 Å². The number of anilines is 1. The molecular formula is C19H19F2N5O3S. The summed E-state index contributed by atoms with van der Waals surface area (Å²) in [6, 6.07) is 4.28.